The van der Waals surface area contributed by atoms with Crippen molar-refractivity contribution < 1.29 is 13.6 Å². The maximum atomic E-state index is 10.8. The number of hydrogen-bond acceptors (Lipinski definition) is 2. The van der Waals surface area contributed by atoms with E-state index in [4.69, 9.17) is 10.3 Å². The molecule has 1 unspecified atom stereocenters. The summed E-state index contributed by atoms with van der Waals surface area (Å²) < 4.78 is 19.2. The number of hydrogen-bond donors (Lipinski definition) is 2. The summed E-state index contributed by atoms with van der Waals surface area (Å²) in [5, 5.41) is 0. The van der Waals surface area contributed by atoms with Crippen LogP contribution in [0.5, 0.6) is 0 Å². The van der Waals surface area contributed by atoms with Gasteiger partial charge in [0.1, 0.15) is 0 Å². The minimum absolute atomic E-state index is 0.0743. The Morgan fingerprint density at radius 1 is 1.57 bits per heavy atom. The summed E-state index contributed by atoms with van der Waals surface area (Å²) in [6.07, 6.45) is 0. The maximum Gasteiger partial charge on any atom is 0.248 e. The monoisotopic (exact) mass is 213 g/mol. The fraction of sp³-hybridized carbons (Fsp3) is 0.222. The van der Waals surface area contributed by atoms with Crippen molar-refractivity contribution in [2.24, 2.45) is 5.73 Å². The van der Waals surface area contributed by atoms with Crippen LogP contribution in [-0.2, 0) is 16.8 Å². The number of benzene rings is 1. The number of carbonyl (C=O) groups excluding carboxylic acids is 1. The molecule has 1 aromatic carbocycles. The van der Waals surface area contributed by atoms with Crippen molar-refractivity contribution in [2.75, 3.05) is 0 Å². The lowest BCUT2D eigenvalue weighted by Gasteiger charge is -2.04. The number of nitrogens with two attached hydrogens (primary N) is 1. The molecule has 0 aliphatic carbocycles. The molecule has 1 rings (SSSR count). The van der Waals surface area contributed by atoms with Crippen molar-refractivity contribution in [1.82, 2.24) is 0 Å². The van der Waals surface area contributed by atoms with E-state index >= 15 is 0 Å². The molecule has 0 aliphatic rings. The van der Waals surface area contributed by atoms with Crippen molar-refractivity contribution in [3.8, 4) is 0 Å². The molecular formula is C9H11NO3S. The first-order valence-corrected chi connectivity index (χ1v) is 5.25. The van der Waals surface area contributed by atoms with Gasteiger partial charge in [-0.1, -0.05) is 6.07 Å². The predicted octanol–water partition coefficient (Wildman–Crippen LogP) is 0.816. The quantitative estimate of drug-likeness (QED) is 0.729. The van der Waals surface area contributed by atoms with E-state index < -0.39 is 17.0 Å². The number of amides is 1. The Morgan fingerprint density at radius 3 is 2.64 bits per heavy atom. The lowest BCUT2D eigenvalue weighted by atomic mass is 10.1. The van der Waals surface area contributed by atoms with Gasteiger partial charge in [-0.15, -0.1) is 0 Å². The van der Waals surface area contributed by atoms with E-state index in [1.165, 1.54) is 0 Å². The molecule has 1 amide bonds. The van der Waals surface area contributed by atoms with Crippen LogP contribution in [0.3, 0.4) is 0 Å². The van der Waals surface area contributed by atoms with Gasteiger partial charge in [0.05, 0.1) is 5.75 Å². The Hall–Kier alpha value is -1.20. The highest BCUT2D eigenvalue weighted by molar-refractivity contribution is 7.78. The minimum atomic E-state index is -1.86. The SMILES string of the molecule is Cc1cc(C(N)=O)ccc1CS(=O)O. The van der Waals surface area contributed by atoms with Gasteiger partial charge in [0.2, 0.25) is 5.91 Å². The molecular weight excluding hydrogens is 202 g/mol. The first-order chi connectivity index (χ1) is 6.50. The van der Waals surface area contributed by atoms with E-state index in [2.05, 4.69) is 0 Å². The third-order valence-electron chi connectivity index (χ3n) is 1.91. The summed E-state index contributed by atoms with van der Waals surface area (Å²) in [4.78, 5) is 10.8. The van der Waals surface area contributed by atoms with Gasteiger partial charge in [0, 0.05) is 5.56 Å². The Kier molecular flexibility index (Phi) is 3.38. The van der Waals surface area contributed by atoms with Gasteiger partial charge in [-0.05, 0) is 30.2 Å². The largest absolute Gasteiger partial charge is 0.366 e. The van der Waals surface area contributed by atoms with E-state index in [9.17, 15) is 9.00 Å². The third-order valence-corrected chi connectivity index (χ3v) is 2.46. The van der Waals surface area contributed by atoms with Crippen LogP contribution in [-0.4, -0.2) is 14.7 Å². The van der Waals surface area contributed by atoms with E-state index in [0.717, 1.165) is 11.1 Å². The van der Waals surface area contributed by atoms with E-state index in [-0.39, 0.29) is 5.75 Å². The molecule has 0 aromatic heterocycles. The molecule has 76 valence electrons. The average molecular weight is 213 g/mol. The average Bonchev–Trinajstić information content (AvgIpc) is 2.07. The molecule has 0 bridgehead atoms. The van der Waals surface area contributed by atoms with Crippen LogP contribution in [0.4, 0.5) is 0 Å². The van der Waals surface area contributed by atoms with Crippen LogP contribution in [0.25, 0.3) is 0 Å². The maximum absolute atomic E-state index is 10.8. The van der Waals surface area contributed by atoms with Gasteiger partial charge in [0.25, 0.3) is 0 Å². The topological polar surface area (TPSA) is 80.4 Å². The second-order valence-electron chi connectivity index (χ2n) is 2.97. The molecule has 0 spiro atoms. The van der Waals surface area contributed by atoms with Gasteiger partial charge in [-0.2, -0.15) is 0 Å². The molecule has 3 N–H and O–H groups in total. The highest BCUT2D eigenvalue weighted by atomic mass is 32.2. The lowest BCUT2D eigenvalue weighted by Crippen LogP contribution is -2.11. The Morgan fingerprint density at radius 2 is 2.21 bits per heavy atom. The summed E-state index contributed by atoms with van der Waals surface area (Å²) >= 11 is -1.86. The molecule has 0 fully saturated rings. The first kappa shape index (κ1) is 10.9. The minimum Gasteiger partial charge on any atom is -0.366 e. The molecule has 1 aromatic rings. The summed E-state index contributed by atoms with van der Waals surface area (Å²) in [7, 11) is 0. The van der Waals surface area contributed by atoms with Crippen LogP contribution in [0.2, 0.25) is 0 Å². The van der Waals surface area contributed by atoms with E-state index in [1.807, 2.05) is 0 Å². The molecule has 0 saturated heterocycles. The summed E-state index contributed by atoms with van der Waals surface area (Å²) in [5.74, 6) is -0.421. The second-order valence-corrected chi connectivity index (χ2v) is 3.90. The number of primary amides is 1. The molecule has 4 nitrogen and oxygen atoms in total. The lowest BCUT2D eigenvalue weighted by molar-refractivity contribution is 0.1000. The number of carbonyl (C=O) groups is 1. The van der Waals surface area contributed by atoms with Crippen LogP contribution in [0.15, 0.2) is 18.2 Å². The van der Waals surface area contributed by atoms with Crippen LogP contribution in [0, 0.1) is 6.92 Å². The van der Waals surface area contributed by atoms with E-state index in [1.54, 1.807) is 25.1 Å². The molecule has 0 radical (unpaired) electrons. The summed E-state index contributed by atoms with van der Waals surface area (Å²) in [5.41, 5.74) is 7.04. The third kappa shape index (κ3) is 2.65. The van der Waals surface area contributed by atoms with Gasteiger partial charge in [0.15, 0.2) is 11.1 Å². The highest BCUT2D eigenvalue weighted by Crippen LogP contribution is 2.12. The van der Waals surface area contributed by atoms with Gasteiger partial charge in [-0.25, -0.2) is 4.21 Å². The van der Waals surface area contributed by atoms with E-state index in [0.29, 0.717) is 5.56 Å². The molecule has 0 aliphatic heterocycles. The zero-order valence-corrected chi connectivity index (χ0v) is 8.50. The highest BCUT2D eigenvalue weighted by Gasteiger charge is 2.05. The Bertz CT molecular complexity index is 390. The normalized spacial score (nSPS) is 12.4. The van der Waals surface area contributed by atoms with Crippen molar-refractivity contribution >= 4 is 17.0 Å². The van der Waals surface area contributed by atoms with Crippen molar-refractivity contribution in [3.63, 3.8) is 0 Å². The second kappa shape index (κ2) is 4.34. The number of rotatable bonds is 3. The molecule has 5 heteroatoms. The molecule has 0 heterocycles. The summed E-state index contributed by atoms with van der Waals surface area (Å²) in [6, 6.07) is 4.81. The fourth-order valence-corrected chi connectivity index (χ4v) is 1.73. The molecule has 1 atom stereocenters. The first-order valence-electron chi connectivity index (χ1n) is 3.97. The van der Waals surface area contributed by atoms with Crippen LogP contribution >= 0.6 is 0 Å². The van der Waals surface area contributed by atoms with Crippen molar-refractivity contribution in [3.05, 3.63) is 34.9 Å². The predicted molar refractivity (Wildman–Crippen MR) is 54.2 cm³/mol. The zero-order valence-electron chi connectivity index (χ0n) is 7.69. The van der Waals surface area contributed by atoms with Gasteiger partial charge < -0.3 is 10.3 Å². The Labute approximate surface area is 84.4 Å². The van der Waals surface area contributed by atoms with Gasteiger partial charge in [-0.3, -0.25) is 4.79 Å². The summed E-state index contributed by atoms with van der Waals surface area (Å²) in [6.45, 7) is 1.77. The Balaban J connectivity index is 3.01. The molecule has 14 heavy (non-hydrogen) atoms. The van der Waals surface area contributed by atoms with Gasteiger partial charge >= 0.3 is 0 Å². The van der Waals surface area contributed by atoms with Crippen LogP contribution in [0.1, 0.15) is 21.5 Å². The fourth-order valence-electron chi connectivity index (χ4n) is 1.14. The smallest absolute Gasteiger partial charge is 0.248 e. The molecule has 0 saturated carbocycles. The van der Waals surface area contributed by atoms with Crippen molar-refractivity contribution in [1.29, 1.82) is 0 Å². The standard InChI is InChI=1S/C9H11NO3S/c1-6-4-7(9(10)11)2-3-8(6)5-14(12)13/h2-4H,5H2,1H3,(H2,10,11)(H,12,13). The number of aryl methyl sites for hydroxylation is 1. The zero-order chi connectivity index (χ0) is 10.7. The van der Waals surface area contributed by atoms with Crippen LogP contribution < -0.4 is 5.73 Å². The van der Waals surface area contributed by atoms with Crippen molar-refractivity contribution in [2.45, 2.75) is 12.7 Å².